The van der Waals surface area contributed by atoms with Gasteiger partial charge in [-0.2, -0.15) is 0 Å². The van der Waals surface area contributed by atoms with Crippen molar-refractivity contribution in [2.45, 2.75) is 25.8 Å². The van der Waals surface area contributed by atoms with Gasteiger partial charge >= 0.3 is 5.97 Å². The zero-order valence-electron chi connectivity index (χ0n) is 10.6. The average molecular weight is 269 g/mol. The number of carbonyl (C=O) groups is 2. The largest absolute Gasteiger partial charge is 0.480 e. The summed E-state index contributed by atoms with van der Waals surface area (Å²) < 4.78 is 1.29. The van der Waals surface area contributed by atoms with Gasteiger partial charge in [0.15, 0.2) is 0 Å². The molecule has 1 rings (SSSR count). The standard InChI is InChI=1S/C11H15N3O5/c1-3-4-8(11(16)17)12-10(15)9-5-7(14(18)19)6-13(9)2/h5-6,8H,3-4H2,1-2H3,(H,12,15)(H,16,17). The van der Waals surface area contributed by atoms with Crippen molar-refractivity contribution >= 4 is 17.6 Å². The first kappa shape index (κ1) is 14.7. The quantitative estimate of drug-likeness (QED) is 0.588. The monoisotopic (exact) mass is 269 g/mol. The molecule has 0 saturated heterocycles. The van der Waals surface area contributed by atoms with E-state index in [1.54, 1.807) is 6.92 Å². The predicted molar refractivity (Wildman–Crippen MR) is 65.9 cm³/mol. The average Bonchev–Trinajstić information content (AvgIpc) is 2.70. The molecule has 0 aliphatic heterocycles. The summed E-state index contributed by atoms with van der Waals surface area (Å²) in [6.07, 6.45) is 2.10. The minimum Gasteiger partial charge on any atom is -0.480 e. The molecule has 8 nitrogen and oxygen atoms in total. The number of nitrogens with zero attached hydrogens (tertiary/aromatic N) is 2. The number of carbonyl (C=O) groups excluding carboxylic acids is 1. The van der Waals surface area contributed by atoms with E-state index in [1.807, 2.05) is 0 Å². The maximum Gasteiger partial charge on any atom is 0.326 e. The van der Waals surface area contributed by atoms with Crippen LogP contribution in [0.5, 0.6) is 0 Å². The third-order valence-electron chi connectivity index (χ3n) is 2.61. The Labute approximate surface area is 109 Å². The fourth-order valence-corrected chi connectivity index (χ4v) is 1.65. The number of aliphatic carboxylic acids is 1. The third-order valence-corrected chi connectivity index (χ3v) is 2.61. The normalized spacial score (nSPS) is 11.9. The maximum absolute atomic E-state index is 11.9. The summed E-state index contributed by atoms with van der Waals surface area (Å²) in [4.78, 5) is 32.8. The molecule has 0 radical (unpaired) electrons. The zero-order valence-corrected chi connectivity index (χ0v) is 10.6. The van der Waals surface area contributed by atoms with Gasteiger partial charge in [0, 0.05) is 13.1 Å². The number of nitro groups is 1. The Balaban J connectivity index is 2.88. The van der Waals surface area contributed by atoms with E-state index in [0.717, 1.165) is 6.07 Å². The van der Waals surface area contributed by atoms with Crippen molar-refractivity contribution in [2.24, 2.45) is 7.05 Å². The van der Waals surface area contributed by atoms with Gasteiger partial charge in [-0.15, -0.1) is 0 Å². The molecule has 19 heavy (non-hydrogen) atoms. The lowest BCUT2D eigenvalue weighted by Crippen LogP contribution is -2.41. The van der Waals surface area contributed by atoms with Gasteiger partial charge in [0.05, 0.1) is 11.1 Å². The summed E-state index contributed by atoms with van der Waals surface area (Å²) >= 11 is 0. The van der Waals surface area contributed by atoms with Gasteiger partial charge in [-0.25, -0.2) is 4.79 Å². The van der Waals surface area contributed by atoms with Crippen LogP contribution in [0.2, 0.25) is 0 Å². The number of carboxylic acid groups (broad SMARTS) is 1. The molecule has 0 aliphatic carbocycles. The molecule has 1 amide bonds. The van der Waals surface area contributed by atoms with Crippen LogP contribution in [0.1, 0.15) is 30.3 Å². The Morgan fingerprint density at radius 2 is 2.21 bits per heavy atom. The molecule has 0 bridgehead atoms. The molecule has 1 aromatic rings. The maximum atomic E-state index is 11.9. The Hall–Kier alpha value is -2.38. The lowest BCUT2D eigenvalue weighted by molar-refractivity contribution is -0.384. The topological polar surface area (TPSA) is 114 Å². The van der Waals surface area contributed by atoms with Crippen molar-refractivity contribution in [3.05, 3.63) is 28.1 Å². The van der Waals surface area contributed by atoms with Crippen LogP contribution in [-0.4, -0.2) is 32.5 Å². The molecule has 2 N–H and O–H groups in total. The van der Waals surface area contributed by atoms with Gasteiger partial charge in [0.25, 0.3) is 11.6 Å². The van der Waals surface area contributed by atoms with Crippen LogP contribution in [0, 0.1) is 10.1 Å². The van der Waals surface area contributed by atoms with E-state index in [4.69, 9.17) is 5.11 Å². The number of aromatic nitrogens is 1. The first-order valence-corrected chi connectivity index (χ1v) is 5.71. The highest BCUT2D eigenvalue weighted by Crippen LogP contribution is 2.15. The number of amides is 1. The van der Waals surface area contributed by atoms with Gasteiger partial charge < -0.3 is 15.0 Å². The van der Waals surface area contributed by atoms with Crippen LogP contribution < -0.4 is 5.32 Å². The molecule has 1 unspecified atom stereocenters. The van der Waals surface area contributed by atoms with Crippen LogP contribution in [0.4, 0.5) is 5.69 Å². The first-order chi connectivity index (χ1) is 8.86. The number of hydrogen-bond donors (Lipinski definition) is 2. The molecule has 0 fully saturated rings. The van der Waals surface area contributed by atoms with E-state index in [9.17, 15) is 19.7 Å². The van der Waals surface area contributed by atoms with E-state index < -0.39 is 22.8 Å². The summed E-state index contributed by atoms with van der Waals surface area (Å²) in [5, 5.41) is 21.9. The fraction of sp³-hybridized carbons (Fsp3) is 0.455. The van der Waals surface area contributed by atoms with Crippen LogP contribution in [-0.2, 0) is 11.8 Å². The predicted octanol–water partition coefficient (Wildman–Crippen LogP) is 0.916. The van der Waals surface area contributed by atoms with Gasteiger partial charge in [-0.05, 0) is 6.42 Å². The number of aryl methyl sites for hydroxylation is 1. The highest BCUT2D eigenvalue weighted by Gasteiger charge is 2.23. The highest BCUT2D eigenvalue weighted by atomic mass is 16.6. The number of hydrogen-bond acceptors (Lipinski definition) is 4. The summed E-state index contributed by atoms with van der Waals surface area (Å²) in [5.74, 6) is -1.77. The smallest absolute Gasteiger partial charge is 0.326 e. The zero-order chi connectivity index (χ0) is 14.6. The molecular weight excluding hydrogens is 254 g/mol. The van der Waals surface area contributed by atoms with E-state index in [-0.39, 0.29) is 11.4 Å². The van der Waals surface area contributed by atoms with E-state index >= 15 is 0 Å². The Kier molecular flexibility index (Phi) is 4.62. The van der Waals surface area contributed by atoms with Gasteiger partial charge in [-0.3, -0.25) is 14.9 Å². The lowest BCUT2D eigenvalue weighted by Gasteiger charge is -2.13. The van der Waals surface area contributed by atoms with Gasteiger partial charge in [0.1, 0.15) is 11.7 Å². The Morgan fingerprint density at radius 3 is 2.63 bits per heavy atom. The van der Waals surface area contributed by atoms with E-state index in [1.165, 1.54) is 17.8 Å². The van der Waals surface area contributed by atoms with Crippen LogP contribution >= 0.6 is 0 Å². The number of rotatable bonds is 6. The third kappa shape index (κ3) is 3.54. The van der Waals surface area contributed by atoms with Crippen LogP contribution in [0.15, 0.2) is 12.3 Å². The SMILES string of the molecule is CCCC(NC(=O)c1cc([N+](=O)[O-])cn1C)C(=O)O. The highest BCUT2D eigenvalue weighted by molar-refractivity contribution is 5.96. The van der Waals surface area contributed by atoms with Gasteiger partial charge in [-0.1, -0.05) is 13.3 Å². The molecule has 8 heteroatoms. The summed E-state index contributed by atoms with van der Waals surface area (Å²) in [5.41, 5.74) is -0.163. The summed E-state index contributed by atoms with van der Waals surface area (Å²) in [6.45, 7) is 1.80. The Morgan fingerprint density at radius 1 is 1.58 bits per heavy atom. The van der Waals surface area contributed by atoms with Crippen molar-refractivity contribution in [3.8, 4) is 0 Å². The lowest BCUT2D eigenvalue weighted by atomic mass is 10.1. The van der Waals surface area contributed by atoms with Gasteiger partial charge in [0.2, 0.25) is 0 Å². The van der Waals surface area contributed by atoms with E-state index in [2.05, 4.69) is 5.32 Å². The molecule has 1 aromatic heterocycles. The second-order valence-corrected chi connectivity index (χ2v) is 4.10. The Bertz CT molecular complexity index is 508. The fourth-order valence-electron chi connectivity index (χ4n) is 1.65. The second-order valence-electron chi connectivity index (χ2n) is 4.10. The molecule has 0 aromatic carbocycles. The minimum absolute atomic E-state index is 0.0500. The molecule has 104 valence electrons. The minimum atomic E-state index is -1.13. The molecule has 0 spiro atoms. The van der Waals surface area contributed by atoms with Crippen LogP contribution in [0.3, 0.4) is 0 Å². The van der Waals surface area contributed by atoms with Crippen molar-refractivity contribution in [1.82, 2.24) is 9.88 Å². The van der Waals surface area contributed by atoms with Crippen molar-refractivity contribution in [3.63, 3.8) is 0 Å². The van der Waals surface area contributed by atoms with Crippen LogP contribution in [0.25, 0.3) is 0 Å². The van der Waals surface area contributed by atoms with Crippen molar-refractivity contribution in [1.29, 1.82) is 0 Å². The first-order valence-electron chi connectivity index (χ1n) is 5.71. The molecule has 0 aliphatic rings. The summed E-state index contributed by atoms with van der Waals surface area (Å²) in [6, 6.07) is 0.117. The van der Waals surface area contributed by atoms with E-state index in [0.29, 0.717) is 12.8 Å². The second kappa shape index (κ2) is 5.98. The molecule has 0 saturated carbocycles. The number of carboxylic acids is 1. The molecule has 1 heterocycles. The molecular formula is C11H15N3O5. The molecule has 1 atom stereocenters. The van der Waals surface area contributed by atoms with Crippen molar-refractivity contribution in [2.75, 3.05) is 0 Å². The summed E-state index contributed by atoms with van der Waals surface area (Å²) in [7, 11) is 1.48. The number of nitrogens with one attached hydrogen (secondary N) is 1. The van der Waals surface area contributed by atoms with Crippen molar-refractivity contribution < 1.29 is 19.6 Å².